The van der Waals surface area contributed by atoms with E-state index < -0.39 is 36.4 Å². The Morgan fingerprint density at radius 1 is 0.889 bits per heavy atom. The SMILES string of the molecule is Cn1ccnc1CN1CCC2(COCCN(Cc3cccs3)C2)C1.O=C(O)C(F)(F)F.O=C(O)C(F)(F)F.O=C(O)C(F)(F)F. The number of carbonyl (C=O) groups is 3. The summed E-state index contributed by atoms with van der Waals surface area (Å²) in [6, 6.07) is 4.39. The molecule has 0 bridgehead atoms. The average molecular weight is 689 g/mol. The molecule has 2 saturated heterocycles. The lowest BCUT2D eigenvalue weighted by Gasteiger charge is -2.31. The van der Waals surface area contributed by atoms with E-state index in [4.69, 9.17) is 34.4 Å². The minimum Gasteiger partial charge on any atom is -0.475 e. The number of aromatic nitrogens is 2. The summed E-state index contributed by atoms with van der Waals surface area (Å²) >= 11 is 1.86. The molecule has 2 fully saturated rings. The van der Waals surface area contributed by atoms with Gasteiger partial charge >= 0.3 is 36.4 Å². The first kappa shape index (κ1) is 39.6. The maximum Gasteiger partial charge on any atom is 0.490 e. The molecule has 2 aromatic rings. The monoisotopic (exact) mass is 688 g/mol. The Kier molecular flexibility index (Phi) is 14.7. The number of halogens is 9. The van der Waals surface area contributed by atoms with Gasteiger partial charge in [-0.15, -0.1) is 11.3 Å². The lowest BCUT2D eigenvalue weighted by molar-refractivity contribution is -0.193. The number of nitrogens with zero attached hydrogens (tertiary/aromatic N) is 4. The molecule has 21 heteroatoms. The minimum atomic E-state index is -5.08. The molecule has 0 aliphatic carbocycles. The van der Waals surface area contributed by atoms with Crippen molar-refractivity contribution in [2.24, 2.45) is 12.5 Å². The van der Waals surface area contributed by atoms with E-state index in [-0.39, 0.29) is 5.41 Å². The topological polar surface area (TPSA) is 145 Å². The molecular weight excluding hydrogens is 659 g/mol. The number of hydrogen-bond acceptors (Lipinski definition) is 8. The second-order valence-corrected chi connectivity index (χ2v) is 10.7. The minimum absolute atomic E-state index is 0.277. The number of thiophene rings is 1. The van der Waals surface area contributed by atoms with Crippen LogP contribution in [0.15, 0.2) is 29.9 Å². The van der Waals surface area contributed by atoms with E-state index in [2.05, 4.69) is 43.9 Å². The Bertz CT molecular complexity index is 1160. The zero-order valence-corrected chi connectivity index (χ0v) is 24.1. The van der Waals surface area contributed by atoms with Crippen LogP contribution in [0.4, 0.5) is 39.5 Å². The van der Waals surface area contributed by atoms with Gasteiger partial charge in [0.1, 0.15) is 5.82 Å². The summed E-state index contributed by atoms with van der Waals surface area (Å²) in [6.45, 7) is 8.18. The Hall–Kier alpha value is -3.43. The number of carboxylic acids is 3. The van der Waals surface area contributed by atoms with E-state index in [0.717, 1.165) is 58.3 Å². The van der Waals surface area contributed by atoms with E-state index in [1.807, 2.05) is 23.7 Å². The van der Waals surface area contributed by atoms with Gasteiger partial charge in [-0.3, -0.25) is 9.80 Å². The van der Waals surface area contributed by atoms with Crippen molar-refractivity contribution < 1.29 is 74.0 Å². The number of carboxylic acid groups (broad SMARTS) is 3. The summed E-state index contributed by atoms with van der Waals surface area (Å²) in [6.07, 6.45) is -10.1. The standard InChI is InChI=1S/C18H26N4OS.3C2HF3O2/c1-20-7-5-19-17(20)12-21-6-4-18(13-21)14-22(8-9-23-15-18)11-16-3-2-10-24-16;3*3-2(4,5)1(6)7/h2-3,5,7,10H,4,6,8-9,11-15H2,1H3;3*(H,6,7). The van der Waals surface area contributed by atoms with Gasteiger partial charge < -0.3 is 24.6 Å². The molecular formula is C24H29F9N4O7S. The molecule has 0 saturated carbocycles. The van der Waals surface area contributed by atoms with Crippen molar-refractivity contribution in [2.75, 3.05) is 39.4 Å². The Labute approximate surface area is 253 Å². The second-order valence-electron chi connectivity index (χ2n) is 9.67. The highest BCUT2D eigenvalue weighted by molar-refractivity contribution is 7.09. The van der Waals surface area contributed by atoms with Crippen LogP contribution in [-0.4, -0.2) is 111 Å². The highest BCUT2D eigenvalue weighted by Crippen LogP contribution is 2.34. The predicted octanol–water partition coefficient (Wildman–Crippen LogP) is 4.11. The number of imidazole rings is 1. The van der Waals surface area contributed by atoms with E-state index >= 15 is 0 Å². The zero-order chi connectivity index (χ0) is 34.6. The lowest BCUT2D eigenvalue weighted by atomic mass is 9.87. The maximum atomic E-state index is 10.6. The van der Waals surface area contributed by atoms with Crippen LogP contribution in [0.1, 0.15) is 17.1 Å². The molecule has 4 rings (SSSR count). The van der Waals surface area contributed by atoms with Gasteiger partial charge in [-0.25, -0.2) is 19.4 Å². The van der Waals surface area contributed by atoms with Gasteiger partial charge in [-0.2, -0.15) is 39.5 Å². The van der Waals surface area contributed by atoms with Crippen molar-refractivity contribution in [3.63, 3.8) is 0 Å². The summed E-state index contributed by atoms with van der Waals surface area (Å²) in [5, 5.41) is 23.5. The molecule has 2 aromatic heterocycles. The molecule has 3 N–H and O–H groups in total. The molecule has 2 aliphatic rings. The van der Waals surface area contributed by atoms with Crippen LogP contribution in [-0.2, 0) is 39.3 Å². The molecule has 0 radical (unpaired) electrons. The number of ether oxygens (including phenoxy) is 1. The largest absolute Gasteiger partial charge is 0.490 e. The van der Waals surface area contributed by atoms with Crippen molar-refractivity contribution in [3.8, 4) is 0 Å². The fourth-order valence-electron chi connectivity index (χ4n) is 4.00. The van der Waals surface area contributed by atoms with Crippen molar-refractivity contribution >= 4 is 29.2 Å². The van der Waals surface area contributed by atoms with Crippen LogP contribution in [0.2, 0.25) is 0 Å². The van der Waals surface area contributed by atoms with Crippen molar-refractivity contribution in [2.45, 2.75) is 38.0 Å². The third-order valence-corrected chi connectivity index (χ3v) is 6.87. The molecule has 1 unspecified atom stereocenters. The van der Waals surface area contributed by atoms with Gasteiger partial charge in [-0.05, 0) is 24.4 Å². The Morgan fingerprint density at radius 2 is 1.38 bits per heavy atom. The lowest BCUT2D eigenvalue weighted by Crippen LogP contribution is -2.40. The van der Waals surface area contributed by atoms with E-state index in [0.29, 0.717) is 0 Å². The van der Waals surface area contributed by atoms with Gasteiger partial charge in [0.15, 0.2) is 0 Å². The Balaban J connectivity index is 0.000000396. The van der Waals surface area contributed by atoms with Crippen LogP contribution in [0, 0.1) is 5.41 Å². The summed E-state index contributed by atoms with van der Waals surface area (Å²) in [5.41, 5.74) is 0.277. The fraction of sp³-hybridized carbons (Fsp3) is 0.583. The summed E-state index contributed by atoms with van der Waals surface area (Å²) in [7, 11) is 2.08. The van der Waals surface area contributed by atoms with Crippen LogP contribution >= 0.6 is 11.3 Å². The smallest absolute Gasteiger partial charge is 0.475 e. The zero-order valence-electron chi connectivity index (χ0n) is 23.3. The highest BCUT2D eigenvalue weighted by Gasteiger charge is 2.42. The number of rotatable bonds is 4. The van der Waals surface area contributed by atoms with E-state index in [9.17, 15) is 39.5 Å². The molecule has 0 amide bonds. The summed E-state index contributed by atoms with van der Waals surface area (Å²) in [5.74, 6) is -7.12. The molecule has 45 heavy (non-hydrogen) atoms. The van der Waals surface area contributed by atoms with Crippen molar-refractivity contribution in [3.05, 3.63) is 40.6 Å². The number of aliphatic carboxylic acids is 3. The third kappa shape index (κ3) is 14.9. The molecule has 4 heterocycles. The summed E-state index contributed by atoms with van der Waals surface area (Å²) < 4.78 is 103. The van der Waals surface area contributed by atoms with Gasteiger partial charge in [0.05, 0.1) is 19.8 Å². The molecule has 2 aliphatic heterocycles. The average Bonchev–Trinajstić information content (AvgIpc) is 3.61. The van der Waals surface area contributed by atoms with E-state index in [1.165, 1.54) is 11.3 Å². The first-order chi connectivity index (χ1) is 20.6. The molecule has 256 valence electrons. The van der Waals surface area contributed by atoms with Crippen LogP contribution < -0.4 is 0 Å². The molecule has 1 atom stereocenters. The van der Waals surface area contributed by atoms with Crippen LogP contribution in [0.5, 0.6) is 0 Å². The van der Waals surface area contributed by atoms with Gasteiger partial charge in [0.25, 0.3) is 0 Å². The summed E-state index contributed by atoms with van der Waals surface area (Å²) in [4.78, 5) is 37.7. The number of likely N-dealkylation sites (tertiary alicyclic amines) is 1. The first-order valence-corrected chi connectivity index (χ1v) is 13.3. The number of alkyl halides is 9. The van der Waals surface area contributed by atoms with Gasteiger partial charge in [0.2, 0.25) is 0 Å². The molecule has 0 aromatic carbocycles. The van der Waals surface area contributed by atoms with Crippen LogP contribution in [0.3, 0.4) is 0 Å². The molecule has 11 nitrogen and oxygen atoms in total. The van der Waals surface area contributed by atoms with Gasteiger partial charge in [-0.1, -0.05) is 6.07 Å². The molecule has 1 spiro atoms. The third-order valence-electron chi connectivity index (χ3n) is 6.01. The number of hydrogen-bond donors (Lipinski definition) is 3. The quantitative estimate of drug-likeness (QED) is 0.402. The maximum absolute atomic E-state index is 10.6. The van der Waals surface area contributed by atoms with Gasteiger partial charge in [0, 0.05) is 55.9 Å². The Morgan fingerprint density at radius 3 is 1.78 bits per heavy atom. The van der Waals surface area contributed by atoms with Crippen molar-refractivity contribution in [1.29, 1.82) is 0 Å². The second kappa shape index (κ2) is 16.8. The number of aryl methyl sites for hydroxylation is 1. The van der Waals surface area contributed by atoms with E-state index in [1.54, 1.807) is 0 Å². The van der Waals surface area contributed by atoms with Crippen LogP contribution in [0.25, 0.3) is 0 Å². The van der Waals surface area contributed by atoms with Crippen molar-refractivity contribution in [1.82, 2.24) is 19.4 Å². The fourth-order valence-corrected chi connectivity index (χ4v) is 4.74. The highest BCUT2D eigenvalue weighted by atomic mass is 32.1. The normalized spacial score (nSPS) is 19.2. The predicted molar refractivity (Wildman–Crippen MR) is 137 cm³/mol. The first-order valence-electron chi connectivity index (χ1n) is 12.5.